The highest BCUT2D eigenvalue weighted by Gasteiger charge is 2.27. The van der Waals surface area contributed by atoms with Gasteiger partial charge in [-0.15, -0.1) is 0 Å². The minimum atomic E-state index is 0.0451. The van der Waals surface area contributed by atoms with Crippen LogP contribution in [0.25, 0.3) is 10.9 Å². The maximum Gasteiger partial charge on any atom is 0.234 e. The number of hydrogen-bond acceptors (Lipinski definition) is 2. The fourth-order valence-corrected chi connectivity index (χ4v) is 3.28. The minimum absolute atomic E-state index is 0.0451. The summed E-state index contributed by atoms with van der Waals surface area (Å²) in [5.74, 6) is 0.242. The van der Waals surface area contributed by atoms with Crippen LogP contribution in [0.2, 0.25) is 0 Å². The predicted molar refractivity (Wildman–Crippen MR) is 81.3 cm³/mol. The number of carbonyl (C=O) groups is 1. The molecule has 0 saturated heterocycles. The van der Waals surface area contributed by atoms with E-state index in [1.165, 1.54) is 5.69 Å². The van der Waals surface area contributed by atoms with Gasteiger partial charge in [0, 0.05) is 36.2 Å². The minimum Gasteiger partial charge on any atom is -0.334 e. The molecule has 1 aliphatic rings. The molecule has 0 N–H and O–H groups in total. The second-order valence-electron chi connectivity index (χ2n) is 5.74. The monoisotopic (exact) mass is 279 g/mol. The average Bonchev–Trinajstić information content (AvgIpc) is 3.10. The number of benzene rings is 1. The number of carbonyl (C=O) groups excluding carboxylic acids is 1. The molecule has 21 heavy (non-hydrogen) atoms. The van der Waals surface area contributed by atoms with Crippen LogP contribution in [0, 0.1) is 12.8 Å². The van der Waals surface area contributed by atoms with Crippen molar-refractivity contribution in [1.82, 2.24) is 14.1 Å². The molecule has 1 aliphatic heterocycles. The van der Waals surface area contributed by atoms with E-state index >= 15 is 0 Å². The van der Waals surface area contributed by atoms with Crippen molar-refractivity contribution in [2.45, 2.75) is 26.3 Å². The first-order valence-electron chi connectivity index (χ1n) is 7.35. The molecule has 0 saturated carbocycles. The number of para-hydroxylation sites is 1. The molecular formula is C17H17N3O. The Morgan fingerprint density at radius 2 is 2.14 bits per heavy atom. The van der Waals surface area contributed by atoms with E-state index in [1.807, 2.05) is 49.8 Å². The Kier molecular flexibility index (Phi) is 2.70. The first kappa shape index (κ1) is 12.4. The zero-order chi connectivity index (χ0) is 14.4. The molecule has 4 heteroatoms. The van der Waals surface area contributed by atoms with Crippen LogP contribution >= 0.6 is 0 Å². The van der Waals surface area contributed by atoms with Crippen LogP contribution in [0.15, 0.2) is 42.9 Å². The third-order valence-corrected chi connectivity index (χ3v) is 4.50. The molecule has 3 heterocycles. The Hall–Kier alpha value is -2.36. The largest absolute Gasteiger partial charge is 0.334 e. The van der Waals surface area contributed by atoms with Crippen molar-refractivity contribution in [1.29, 1.82) is 0 Å². The van der Waals surface area contributed by atoms with Gasteiger partial charge in [0.2, 0.25) is 5.91 Å². The van der Waals surface area contributed by atoms with Crippen LogP contribution in [-0.2, 0) is 13.0 Å². The summed E-state index contributed by atoms with van der Waals surface area (Å²) in [6, 6.07) is 10.0. The van der Waals surface area contributed by atoms with Crippen molar-refractivity contribution in [2.24, 2.45) is 5.92 Å². The summed E-state index contributed by atoms with van der Waals surface area (Å²) in [5.41, 5.74) is 3.25. The summed E-state index contributed by atoms with van der Waals surface area (Å²) < 4.78 is 3.98. The third kappa shape index (κ3) is 1.90. The number of aromatic nitrogens is 3. The number of fused-ring (bicyclic) bond motifs is 2. The van der Waals surface area contributed by atoms with Crippen LogP contribution < -0.4 is 0 Å². The maximum absolute atomic E-state index is 12.9. The number of hydrogen-bond donors (Lipinski definition) is 0. The number of aryl methyl sites for hydroxylation is 2. The summed E-state index contributed by atoms with van der Waals surface area (Å²) in [4.78, 5) is 17.2. The highest BCUT2D eigenvalue weighted by atomic mass is 16.2. The van der Waals surface area contributed by atoms with E-state index in [1.54, 1.807) is 4.57 Å². The van der Waals surface area contributed by atoms with Gasteiger partial charge in [0.1, 0.15) is 0 Å². The molecule has 4 nitrogen and oxygen atoms in total. The highest BCUT2D eigenvalue weighted by molar-refractivity contribution is 5.93. The fraction of sp³-hybridized carbons (Fsp3) is 0.294. The van der Waals surface area contributed by atoms with Crippen LogP contribution in [0.3, 0.4) is 0 Å². The Morgan fingerprint density at radius 3 is 3.05 bits per heavy atom. The summed E-state index contributed by atoms with van der Waals surface area (Å²) in [5, 5.41) is 1.11. The molecule has 0 radical (unpaired) electrons. The molecular weight excluding hydrogens is 262 g/mol. The molecule has 0 bridgehead atoms. The average molecular weight is 279 g/mol. The number of rotatable bonds is 1. The Morgan fingerprint density at radius 1 is 1.29 bits per heavy atom. The lowest BCUT2D eigenvalue weighted by molar-refractivity contribution is 0.0818. The molecule has 0 amide bonds. The van der Waals surface area contributed by atoms with E-state index in [4.69, 9.17) is 0 Å². The topological polar surface area (TPSA) is 39.8 Å². The van der Waals surface area contributed by atoms with Gasteiger partial charge in [0.25, 0.3) is 0 Å². The highest BCUT2D eigenvalue weighted by Crippen LogP contribution is 2.25. The van der Waals surface area contributed by atoms with E-state index in [0.29, 0.717) is 0 Å². The standard InChI is InChI=1S/C17H17N3O/c1-12-16-10-14(6-8-19(16)11-18-12)17(21)20-9-7-13-4-2-3-5-15(13)20/h2-5,7,9,11,14H,6,8,10H2,1H3. The Labute approximate surface area is 123 Å². The van der Waals surface area contributed by atoms with E-state index in [2.05, 4.69) is 9.55 Å². The second kappa shape index (κ2) is 4.58. The molecule has 3 aromatic rings. The number of nitrogens with zero attached hydrogens (tertiary/aromatic N) is 3. The molecule has 106 valence electrons. The van der Waals surface area contributed by atoms with E-state index in [9.17, 15) is 4.79 Å². The molecule has 0 fully saturated rings. The quantitative estimate of drug-likeness (QED) is 0.687. The van der Waals surface area contributed by atoms with Crippen molar-refractivity contribution in [2.75, 3.05) is 0 Å². The zero-order valence-corrected chi connectivity index (χ0v) is 12.0. The van der Waals surface area contributed by atoms with Gasteiger partial charge in [-0.25, -0.2) is 4.98 Å². The van der Waals surface area contributed by atoms with Gasteiger partial charge in [-0.3, -0.25) is 9.36 Å². The number of imidazole rings is 1. The van der Waals surface area contributed by atoms with Crippen LogP contribution in [0.4, 0.5) is 0 Å². The smallest absolute Gasteiger partial charge is 0.234 e. The van der Waals surface area contributed by atoms with Gasteiger partial charge in [0.05, 0.1) is 17.5 Å². The van der Waals surface area contributed by atoms with Crippen molar-refractivity contribution in [3.8, 4) is 0 Å². The second-order valence-corrected chi connectivity index (χ2v) is 5.74. The van der Waals surface area contributed by atoms with E-state index in [-0.39, 0.29) is 11.8 Å². The lowest BCUT2D eigenvalue weighted by atomic mass is 9.94. The molecule has 2 aromatic heterocycles. The molecule has 0 aliphatic carbocycles. The first-order valence-corrected chi connectivity index (χ1v) is 7.35. The van der Waals surface area contributed by atoms with Crippen molar-refractivity contribution in [3.05, 3.63) is 54.2 Å². The van der Waals surface area contributed by atoms with Gasteiger partial charge in [0.15, 0.2) is 0 Å². The van der Waals surface area contributed by atoms with Gasteiger partial charge in [-0.2, -0.15) is 0 Å². The van der Waals surface area contributed by atoms with Crippen molar-refractivity contribution >= 4 is 16.8 Å². The predicted octanol–water partition coefficient (Wildman–Crippen LogP) is 3.05. The van der Waals surface area contributed by atoms with Crippen LogP contribution in [-0.4, -0.2) is 20.0 Å². The molecule has 1 unspecified atom stereocenters. The van der Waals surface area contributed by atoms with Crippen molar-refractivity contribution < 1.29 is 4.79 Å². The molecule has 1 atom stereocenters. The van der Waals surface area contributed by atoms with Crippen LogP contribution in [0.5, 0.6) is 0 Å². The first-order chi connectivity index (χ1) is 10.2. The van der Waals surface area contributed by atoms with Gasteiger partial charge in [-0.1, -0.05) is 18.2 Å². The molecule has 1 aromatic carbocycles. The fourth-order valence-electron chi connectivity index (χ4n) is 3.28. The van der Waals surface area contributed by atoms with Gasteiger partial charge >= 0.3 is 0 Å². The molecule has 0 spiro atoms. The SMILES string of the molecule is Cc1ncn2c1CC(C(=O)n1ccc3ccccc31)CC2. The summed E-state index contributed by atoms with van der Waals surface area (Å²) in [6.07, 6.45) is 5.45. The normalized spacial score (nSPS) is 17.9. The Bertz CT molecular complexity index is 828. The lowest BCUT2D eigenvalue weighted by Gasteiger charge is -2.23. The third-order valence-electron chi connectivity index (χ3n) is 4.50. The van der Waals surface area contributed by atoms with Crippen LogP contribution in [0.1, 0.15) is 22.6 Å². The van der Waals surface area contributed by atoms with Gasteiger partial charge in [-0.05, 0) is 25.5 Å². The zero-order valence-electron chi connectivity index (χ0n) is 12.0. The summed E-state index contributed by atoms with van der Waals surface area (Å²) in [6.45, 7) is 2.90. The molecule has 4 rings (SSSR count). The summed E-state index contributed by atoms with van der Waals surface area (Å²) in [7, 11) is 0. The lowest BCUT2D eigenvalue weighted by Crippen LogP contribution is -2.29. The maximum atomic E-state index is 12.9. The van der Waals surface area contributed by atoms with Gasteiger partial charge < -0.3 is 4.57 Å². The Balaban J connectivity index is 1.68. The van der Waals surface area contributed by atoms with Crippen molar-refractivity contribution in [3.63, 3.8) is 0 Å². The van der Waals surface area contributed by atoms with E-state index in [0.717, 1.165) is 36.0 Å². The van der Waals surface area contributed by atoms with E-state index < -0.39 is 0 Å². The summed E-state index contributed by atoms with van der Waals surface area (Å²) >= 11 is 0.